The average molecular weight is 289 g/mol. The van der Waals surface area contributed by atoms with Crippen molar-refractivity contribution in [3.05, 3.63) is 17.5 Å². The maximum atomic E-state index is 13.1. The van der Waals surface area contributed by atoms with E-state index in [1.54, 1.807) is 0 Å². The van der Waals surface area contributed by atoms with Gasteiger partial charge in [-0.05, 0) is 12.8 Å². The SMILES string of the molecule is CC(C)Cn1ncc(C(=O)N[C@H](C)C(=O)O)c1C(F)F. The smallest absolute Gasteiger partial charge is 0.325 e. The van der Waals surface area contributed by atoms with Crippen LogP contribution in [0.15, 0.2) is 6.20 Å². The summed E-state index contributed by atoms with van der Waals surface area (Å²) >= 11 is 0. The van der Waals surface area contributed by atoms with Crippen molar-refractivity contribution in [1.29, 1.82) is 0 Å². The first kappa shape index (κ1) is 16.1. The van der Waals surface area contributed by atoms with Gasteiger partial charge in [0.05, 0.1) is 11.8 Å². The number of nitrogens with one attached hydrogen (secondary N) is 1. The quantitative estimate of drug-likeness (QED) is 0.834. The fraction of sp³-hybridized carbons (Fsp3) is 0.583. The molecule has 0 aliphatic rings. The number of nitrogens with zero attached hydrogens (tertiary/aromatic N) is 2. The summed E-state index contributed by atoms with van der Waals surface area (Å²) in [6.45, 7) is 5.18. The van der Waals surface area contributed by atoms with Gasteiger partial charge in [0.1, 0.15) is 11.7 Å². The van der Waals surface area contributed by atoms with Crippen LogP contribution in [0.25, 0.3) is 0 Å². The van der Waals surface area contributed by atoms with E-state index in [-0.39, 0.29) is 18.0 Å². The van der Waals surface area contributed by atoms with Crippen LogP contribution in [0.4, 0.5) is 8.78 Å². The van der Waals surface area contributed by atoms with Gasteiger partial charge in [0.2, 0.25) is 0 Å². The molecule has 1 aromatic rings. The van der Waals surface area contributed by atoms with Crippen LogP contribution in [-0.4, -0.2) is 32.8 Å². The normalized spacial score (nSPS) is 12.8. The minimum Gasteiger partial charge on any atom is -0.480 e. The molecule has 0 bridgehead atoms. The molecule has 0 saturated carbocycles. The topological polar surface area (TPSA) is 84.2 Å². The van der Waals surface area contributed by atoms with Crippen LogP contribution in [0.5, 0.6) is 0 Å². The highest BCUT2D eigenvalue weighted by Gasteiger charge is 2.26. The van der Waals surface area contributed by atoms with Crippen LogP contribution in [0.2, 0.25) is 0 Å². The summed E-state index contributed by atoms with van der Waals surface area (Å²) in [4.78, 5) is 22.5. The number of carboxylic acids is 1. The van der Waals surface area contributed by atoms with Crippen LogP contribution in [0, 0.1) is 5.92 Å². The highest BCUT2D eigenvalue weighted by Crippen LogP contribution is 2.23. The third-order valence-electron chi connectivity index (χ3n) is 2.59. The van der Waals surface area contributed by atoms with Gasteiger partial charge in [-0.15, -0.1) is 0 Å². The number of hydrogen-bond donors (Lipinski definition) is 2. The van der Waals surface area contributed by atoms with Gasteiger partial charge in [-0.2, -0.15) is 5.10 Å². The zero-order chi connectivity index (χ0) is 15.4. The summed E-state index contributed by atoms with van der Waals surface area (Å²) in [6.07, 6.45) is -1.83. The van der Waals surface area contributed by atoms with Crippen molar-refractivity contribution in [2.45, 2.75) is 39.8 Å². The first-order valence-electron chi connectivity index (χ1n) is 6.11. The monoisotopic (exact) mass is 289 g/mol. The Bertz CT molecular complexity index is 500. The standard InChI is InChI=1S/C12H17F2N3O3/c1-6(2)5-17-9(10(13)14)8(4-15-17)11(18)16-7(3)12(19)20/h4,6-7,10H,5H2,1-3H3,(H,16,18)(H,19,20)/t7-/m1/s1. The Labute approximate surface area is 114 Å². The highest BCUT2D eigenvalue weighted by molar-refractivity contribution is 5.97. The van der Waals surface area contributed by atoms with Gasteiger partial charge < -0.3 is 10.4 Å². The van der Waals surface area contributed by atoms with Gasteiger partial charge in [0.15, 0.2) is 0 Å². The number of hydrogen-bond acceptors (Lipinski definition) is 3. The van der Waals surface area contributed by atoms with E-state index in [0.717, 1.165) is 10.9 Å². The van der Waals surface area contributed by atoms with Crippen molar-refractivity contribution in [1.82, 2.24) is 15.1 Å². The largest absolute Gasteiger partial charge is 0.480 e. The van der Waals surface area contributed by atoms with Gasteiger partial charge in [-0.3, -0.25) is 14.3 Å². The summed E-state index contributed by atoms with van der Waals surface area (Å²) in [5.74, 6) is -2.03. The molecule has 0 radical (unpaired) electrons. The molecule has 20 heavy (non-hydrogen) atoms. The third-order valence-corrected chi connectivity index (χ3v) is 2.59. The Balaban J connectivity index is 3.03. The lowest BCUT2D eigenvalue weighted by atomic mass is 10.2. The Morgan fingerprint density at radius 3 is 2.45 bits per heavy atom. The minimum absolute atomic E-state index is 0.0845. The molecule has 1 heterocycles. The lowest BCUT2D eigenvalue weighted by Gasteiger charge is -2.12. The molecule has 1 atom stereocenters. The lowest BCUT2D eigenvalue weighted by Crippen LogP contribution is -2.38. The fourth-order valence-corrected chi connectivity index (χ4v) is 1.63. The molecule has 0 aromatic carbocycles. The first-order chi connectivity index (χ1) is 9.23. The van der Waals surface area contributed by atoms with E-state index in [4.69, 9.17) is 5.11 Å². The van der Waals surface area contributed by atoms with Crippen molar-refractivity contribution in [3.63, 3.8) is 0 Å². The number of carbonyl (C=O) groups excluding carboxylic acids is 1. The van der Waals surface area contributed by atoms with Gasteiger partial charge >= 0.3 is 5.97 Å². The zero-order valence-electron chi connectivity index (χ0n) is 11.4. The van der Waals surface area contributed by atoms with Crippen molar-refractivity contribution in [2.75, 3.05) is 0 Å². The number of aliphatic carboxylic acids is 1. The molecule has 0 unspecified atom stereocenters. The molecule has 112 valence electrons. The molecule has 2 N–H and O–H groups in total. The van der Waals surface area contributed by atoms with Crippen LogP contribution in [-0.2, 0) is 11.3 Å². The Morgan fingerprint density at radius 2 is 2.00 bits per heavy atom. The predicted molar refractivity (Wildman–Crippen MR) is 66.6 cm³/mol. The molecular formula is C12H17F2N3O3. The van der Waals surface area contributed by atoms with Gasteiger partial charge in [-0.1, -0.05) is 13.8 Å². The Morgan fingerprint density at radius 1 is 1.40 bits per heavy atom. The molecule has 6 nitrogen and oxygen atoms in total. The summed E-state index contributed by atoms with van der Waals surface area (Å²) in [5.41, 5.74) is -0.789. The molecule has 0 fully saturated rings. The van der Waals surface area contributed by atoms with E-state index in [2.05, 4.69) is 10.4 Å². The maximum Gasteiger partial charge on any atom is 0.325 e. The number of alkyl halides is 2. The van der Waals surface area contributed by atoms with Crippen LogP contribution in [0.3, 0.4) is 0 Å². The predicted octanol–water partition coefficient (Wildman–Crippen LogP) is 1.68. The third kappa shape index (κ3) is 3.75. The summed E-state index contributed by atoms with van der Waals surface area (Å²) in [5, 5.41) is 14.6. The van der Waals surface area contributed by atoms with Gasteiger partial charge in [0.25, 0.3) is 12.3 Å². The number of rotatable bonds is 6. The second-order valence-corrected chi connectivity index (χ2v) is 4.85. The number of amides is 1. The van der Waals surface area contributed by atoms with E-state index >= 15 is 0 Å². The molecule has 1 amide bonds. The molecule has 0 spiro atoms. The maximum absolute atomic E-state index is 13.1. The highest BCUT2D eigenvalue weighted by atomic mass is 19.3. The average Bonchev–Trinajstić information content (AvgIpc) is 2.71. The molecule has 8 heteroatoms. The van der Waals surface area contributed by atoms with E-state index in [0.29, 0.717) is 0 Å². The first-order valence-corrected chi connectivity index (χ1v) is 6.11. The number of halogens is 2. The van der Waals surface area contributed by atoms with Crippen molar-refractivity contribution < 1.29 is 23.5 Å². The van der Waals surface area contributed by atoms with Crippen LogP contribution < -0.4 is 5.32 Å². The zero-order valence-corrected chi connectivity index (χ0v) is 11.4. The van der Waals surface area contributed by atoms with E-state index in [1.165, 1.54) is 6.92 Å². The van der Waals surface area contributed by atoms with Crippen molar-refractivity contribution in [3.8, 4) is 0 Å². The van der Waals surface area contributed by atoms with Gasteiger partial charge in [0, 0.05) is 6.54 Å². The number of aromatic nitrogens is 2. The lowest BCUT2D eigenvalue weighted by molar-refractivity contribution is -0.138. The Kier molecular flexibility index (Phi) is 5.18. The second-order valence-electron chi connectivity index (χ2n) is 4.85. The summed E-state index contributed by atoms with van der Waals surface area (Å²) in [7, 11) is 0. The van der Waals surface area contributed by atoms with Gasteiger partial charge in [-0.25, -0.2) is 8.78 Å². The molecule has 0 saturated heterocycles. The number of carboxylic acid groups (broad SMARTS) is 1. The van der Waals surface area contributed by atoms with E-state index < -0.39 is 30.0 Å². The fourth-order valence-electron chi connectivity index (χ4n) is 1.63. The Hall–Kier alpha value is -1.99. The second kappa shape index (κ2) is 6.44. The van der Waals surface area contributed by atoms with Crippen molar-refractivity contribution >= 4 is 11.9 Å². The van der Waals surface area contributed by atoms with Crippen LogP contribution >= 0.6 is 0 Å². The molecule has 1 rings (SSSR count). The number of carbonyl (C=O) groups is 2. The molecule has 0 aliphatic heterocycles. The molecular weight excluding hydrogens is 272 g/mol. The van der Waals surface area contributed by atoms with Crippen LogP contribution in [0.1, 0.15) is 43.2 Å². The summed E-state index contributed by atoms with van der Waals surface area (Å²) < 4.78 is 27.2. The van der Waals surface area contributed by atoms with E-state index in [9.17, 15) is 18.4 Å². The minimum atomic E-state index is -2.86. The summed E-state index contributed by atoms with van der Waals surface area (Å²) in [6, 6.07) is -1.17. The van der Waals surface area contributed by atoms with E-state index in [1.807, 2.05) is 13.8 Å². The molecule has 0 aliphatic carbocycles. The molecule has 1 aromatic heterocycles. The van der Waals surface area contributed by atoms with Crippen molar-refractivity contribution in [2.24, 2.45) is 5.92 Å².